The smallest absolute Gasteiger partial charge is 0.240 e. The molecule has 0 aliphatic carbocycles. The standard InChI is InChI=1S/C8H24N2OSi2/c1-3-5-7-9-10(13-11-12)8-6-4-2/h9H,3-8,13H2,1-2,12H3. The minimum absolute atomic E-state index is 0.429. The Bertz CT molecular complexity index is 106. The highest BCUT2D eigenvalue weighted by atomic mass is 28.3. The lowest BCUT2D eigenvalue weighted by Gasteiger charge is -2.21. The highest BCUT2D eigenvalue weighted by Gasteiger charge is 2.01. The van der Waals surface area contributed by atoms with E-state index in [9.17, 15) is 0 Å². The second-order valence-electron chi connectivity index (χ2n) is 3.30. The fourth-order valence-corrected chi connectivity index (χ4v) is 2.96. The van der Waals surface area contributed by atoms with Crippen molar-refractivity contribution in [1.82, 2.24) is 10.1 Å². The van der Waals surface area contributed by atoms with Crippen LogP contribution in [0.3, 0.4) is 0 Å². The summed E-state index contributed by atoms with van der Waals surface area (Å²) in [5, 5.41) is 0. The quantitative estimate of drug-likeness (QED) is 0.328. The number of nitrogens with zero attached hydrogens (tertiary/aromatic N) is 1. The maximum absolute atomic E-state index is 5.37. The first kappa shape index (κ1) is 13.3. The molecular weight excluding hydrogens is 196 g/mol. The van der Waals surface area contributed by atoms with Crippen molar-refractivity contribution < 1.29 is 4.12 Å². The third-order valence-electron chi connectivity index (χ3n) is 1.93. The van der Waals surface area contributed by atoms with Gasteiger partial charge in [-0.15, -0.1) is 0 Å². The lowest BCUT2D eigenvalue weighted by Crippen LogP contribution is -2.43. The first-order valence-electron chi connectivity index (χ1n) is 5.32. The highest BCUT2D eigenvalue weighted by molar-refractivity contribution is 6.31. The van der Waals surface area contributed by atoms with Crippen LogP contribution in [0.2, 0.25) is 0 Å². The maximum atomic E-state index is 5.37. The van der Waals surface area contributed by atoms with Gasteiger partial charge in [-0.3, -0.25) is 5.43 Å². The van der Waals surface area contributed by atoms with Crippen molar-refractivity contribution in [3.8, 4) is 0 Å². The molecule has 0 saturated carbocycles. The monoisotopic (exact) mass is 220 g/mol. The van der Waals surface area contributed by atoms with Gasteiger partial charge in [-0.25, -0.2) is 4.67 Å². The lowest BCUT2D eigenvalue weighted by molar-refractivity contribution is 0.293. The molecule has 0 atom stereocenters. The van der Waals surface area contributed by atoms with Crippen LogP contribution in [-0.4, -0.2) is 38.2 Å². The molecule has 0 unspecified atom stereocenters. The number of hydrogen-bond donors (Lipinski definition) is 1. The van der Waals surface area contributed by atoms with Crippen molar-refractivity contribution in [3.63, 3.8) is 0 Å². The van der Waals surface area contributed by atoms with Crippen molar-refractivity contribution in [2.75, 3.05) is 13.1 Å². The number of hydrogen-bond acceptors (Lipinski definition) is 3. The van der Waals surface area contributed by atoms with Gasteiger partial charge >= 0.3 is 0 Å². The summed E-state index contributed by atoms with van der Waals surface area (Å²) in [6, 6.07) is 0. The zero-order valence-electron chi connectivity index (χ0n) is 9.31. The largest absolute Gasteiger partial charge is 0.456 e. The molecule has 13 heavy (non-hydrogen) atoms. The van der Waals surface area contributed by atoms with Gasteiger partial charge in [0.1, 0.15) is 10.5 Å². The second kappa shape index (κ2) is 10.4. The fraction of sp³-hybridized carbons (Fsp3) is 1.00. The van der Waals surface area contributed by atoms with Crippen LogP contribution in [0.15, 0.2) is 0 Å². The number of unbranched alkanes of at least 4 members (excludes halogenated alkanes) is 2. The Labute approximate surface area is 87.8 Å². The molecule has 0 aromatic heterocycles. The van der Waals surface area contributed by atoms with Crippen LogP contribution in [0.5, 0.6) is 0 Å². The SMILES string of the molecule is CCCCNN(CCCC)[SiH2]O[SiH3]. The van der Waals surface area contributed by atoms with Crippen LogP contribution in [-0.2, 0) is 4.12 Å². The van der Waals surface area contributed by atoms with E-state index in [0.29, 0.717) is 0 Å². The molecule has 0 aliphatic rings. The van der Waals surface area contributed by atoms with Crippen LogP contribution < -0.4 is 5.43 Å². The number of nitrogens with one attached hydrogen (secondary N) is 1. The summed E-state index contributed by atoms with van der Waals surface area (Å²) in [6.07, 6.45) is 5.06. The molecule has 5 heteroatoms. The van der Waals surface area contributed by atoms with Gasteiger partial charge in [0, 0.05) is 13.1 Å². The summed E-state index contributed by atoms with van der Waals surface area (Å²) >= 11 is 0. The van der Waals surface area contributed by atoms with Crippen molar-refractivity contribution in [1.29, 1.82) is 0 Å². The van der Waals surface area contributed by atoms with E-state index < -0.39 is 9.92 Å². The Kier molecular flexibility index (Phi) is 10.6. The molecule has 0 rings (SSSR count). The summed E-state index contributed by atoms with van der Waals surface area (Å²) in [5.74, 6) is 0. The van der Waals surface area contributed by atoms with Gasteiger partial charge in [0.15, 0.2) is 0 Å². The summed E-state index contributed by atoms with van der Waals surface area (Å²) in [4.78, 5) is 0. The van der Waals surface area contributed by atoms with Crippen LogP contribution >= 0.6 is 0 Å². The van der Waals surface area contributed by atoms with E-state index in [-0.39, 0.29) is 0 Å². The van der Waals surface area contributed by atoms with E-state index in [2.05, 4.69) is 23.9 Å². The predicted molar refractivity (Wildman–Crippen MR) is 64.1 cm³/mol. The average Bonchev–Trinajstić information content (AvgIpc) is 2.14. The Morgan fingerprint density at radius 2 is 2.00 bits per heavy atom. The summed E-state index contributed by atoms with van der Waals surface area (Å²) in [5.41, 5.74) is 3.45. The highest BCUT2D eigenvalue weighted by Crippen LogP contribution is 1.91. The first-order chi connectivity index (χ1) is 6.35. The third-order valence-corrected chi connectivity index (χ3v) is 3.82. The molecule has 0 saturated heterocycles. The molecule has 1 N–H and O–H groups in total. The Morgan fingerprint density at radius 3 is 2.54 bits per heavy atom. The molecule has 0 spiro atoms. The van der Waals surface area contributed by atoms with Crippen LogP contribution in [0.25, 0.3) is 0 Å². The molecule has 3 nitrogen and oxygen atoms in total. The van der Waals surface area contributed by atoms with Gasteiger partial charge in [0.25, 0.3) is 0 Å². The normalized spacial score (nSPS) is 12.2. The van der Waals surface area contributed by atoms with E-state index in [1.165, 1.54) is 25.7 Å². The summed E-state index contributed by atoms with van der Waals surface area (Å²) < 4.78 is 7.70. The molecule has 0 radical (unpaired) electrons. The van der Waals surface area contributed by atoms with Gasteiger partial charge in [-0.1, -0.05) is 26.7 Å². The van der Waals surface area contributed by atoms with E-state index in [4.69, 9.17) is 4.12 Å². The van der Waals surface area contributed by atoms with Crippen molar-refractivity contribution in [2.45, 2.75) is 39.5 Å². The lowest BCUT2D eigenvalue weighted by atomic mass is 10.3. The van der Waals surface area contributed by atoms with Gasteiger partial charge in [-0.05, 0) is 12.8 Å². The third kappa shape index (κ3) is 8.64. The van der Waals surface area contributed by atoms with Crippen LogP contribution in [0.1, 0.15) is 39.5 Å². The minimum atomic E-state index is -0.429. The van der Waals surface area contributed by atoms with Gasteiger partial charge in [-0.2, -0.15) is 0 Å². The maximum Gasteiger partial charge on any atom is 0.240 e. The van der Waals surface area contributed by atoms with E-state index in [1.807, 2.05) is 0 Å². The van der Waals surface area contributed by atoms with E-state index >= 15 is 0 Å². The fourth-order valence-electron chi connectivity index (χ4n) is 1.11. The Hall–Kier alpha value is 0.314. The van der Waals surface area contributed by atoms with Crippen molar-refractivity contribution in [3.05, 3.63) is 0 Å². The zero-order valence-corrected chi connectivity index (χ0v) is 12.7. The van der Waals surface area contributed by atoms with Gasteiger partial charge in [0.2, 0.25) is 9.92 Å². The zero-order chi connectivity index (χ0) is 9.94. The first-order valence-corrected chi connectivity index (χ1v) is 7.35. The molecule has 0 aromatic rings. The van der Waals surface area contributed by atoms with Crippen LogP contribution in [0.4, 0.5) is 0 Å². The van der Waals surface area contributed by atoms with E-state index in [1.54, 1.807) is 0 Å². The minimum Gasteiger partial charge on any atom is -0.456 e. The summed E-state index contributed by atoms with van der Waals surface area (Å²) in [7, 11) is 0.457. The van der Waals surface area contributed by atoms with Crippen molar-refractivity contribution >= 4 is 20.4 Å². The van der Waals surface area contributed by atoms with E-state index in [0.717, 1.165) is 23.6 Å². The molecule has 0 aromatic carbocycles. The molecular formula is C8H24N2OSi2. The predicted octanol–water partition coefficient (Wildman–Crippen LogP) is -0.311. The molecule has 0 fully saturated rings. The molecule has 0 aliphatic heterocycles. The van der Waals surface area contributed by atoms with Gasteiger partial charge < -0.3 is 4.12 Å². The van der Waals surface area contributed by atoms with Crippen molar-refractivity contribution in [2.24, 2.45) is 0 Å². The topological polar surface area (TPSA) is 24.5 Å². The van der Waals surface area contributed by atoms with Gasteiger partial charge in [0.05, 0.1) is 0 Å². The molecule has 0 bridgehead atoms. The Balaban J connectivity index is 3.41. The summed E-state index contributed by atoms with van der Waals surface area (Å²) in [6.45, 7) is 6.72. The Morgan fingerprint density at radius 1 is 1.31 bits per heavy atom. The molecule has 0 amide bonds. The number of rotatable bonds is 9. The second-order valence-corrected chi connectivity index (χ2v) is 6.63. The average molecular weight is 220 g/mol. The number of hydrazine groups is 1. The molecule has 80 valence electrons. The van der Waals surface area contributed by atoms with Crippen LogP contribution in [0, 0.1) is 0 Å². The molecule has 0 heterocycles.